The molecule has 232 valence electrons. The fraction of sp³-hybridized carbons (Fsp3) is 0.341. The van der Waals surface area contributed by atoms with Crippen molar-refractivity contribution in [3.63, 3.8) is 0 Å². The van der Waals surface area contributed by atoms with E-state index in [4.69, 9.17) is 4.74 Å². The monoisotopic (exact) mass is 598 g/mol. The summed E-state index contributed by atoms with van der Waals surface area (Å²) in [5.41, 5.74) is 7.88. The van der Waals surface area contributed by atoms with Crippen molar-refractivity contribution in [2.75, 3.05) is 33.3 Å². The number of carbonyl (C=O) groups is 1. The minimum atomic E-state index is 0.123. The zero-order valence-corrected chi connectivity index (χ0v) is 26.7. The predicted octanol–water partition coefficient (Wildman–Crippen LogP) is 8.57. The van der Waals surface area contributed by atoms with E-state index in [1.807, 2.05) is 18.2 Å². The van der Waals surface area contributed by atoms with Gasteiger partial charge in [-0.1, -0.05) is 91.0 Å². The van der Waals surface area contributed by atoms with E-state index in [0.717, 1.165) is 59.9 Å². The highest BCUT2D eigenvalue weighted by atomic mass is 16.5. The molecule has 0 unspecified atom stereocenters. The van der Waals surface area contributed by atoms with Crippen molar-refractivity contribution < 1.29 is 9.53 Å². The Balaban J connectivity index is 0.912. The Bertz CT molecular complexity index is 1550. The molecular formula is C41H46N2O2. The van der Waals surface area contributed by atoms with Gasteiger partial charge in [0, 0.05) is 30.6 Å². The molecule has 0 N–H and O–H groups in total. The van der Waals surface area contributed by atoms with Crippen molar-refractivity contribution in [1.82, 2.24) is 9.80 Å². The Morgan fingerprint density at radius 2 is 1.49 bits per heavy atom. The van der Waals surface area contributed by atoms with Crippen LogP contribution >= 0.6 is 0 Å². The number of unbranched alkanes of at least 4 members (excludes halogenated alkanes) is 2. The second-order valence-electron chi connectivity index (χ2n) is 12.8. The van der Waals surface area contributed by atoms with Crippen LogP contribution in [0.3, 0.4) is 0 Å². The molecule has 1 saturated heterocycles. The number of hydrogen-bond acceptors (Lipinski definition) is 4. The average Bonchev–Trinajstić information content (AvgIpc) is 3.38. The Hall–Kier alpha value is -3.99. The molecule has 4 aromatic rings. The number of nitrogens with zero attached hydrogens (tertiary/aromatic N) is 2. The molecule has 0 atom stereocenters. The Labute approximate surface area is 269 Å². The molecule has 1 heterocycles. The summed E-state index contributed by atoms with van der Waals surface area (Å²) in [6, 6.07) is 36.1. The van der Waals surface area contributed by atoms with Crippen LogP contribution in [0.25, 0.3) is 6.08 Å². The maximum atomic E-state index is 13.3. The molecule has 0 spiro atoms. The first-order valence-electron chi connectivity index (χ1n) is 16.7. The zero-order chi connectivity index (χ0) is 30.8. The van der Waals surface area contributed by atoms with Crippen molar-refractivity contribution in [2.45, 2.75) is 57.5 Å². The van der Waals surface area contributed by atoms with Crippen LogP contribution in [0.2, 0.25) is 0 Å². The highest BCUT2D eigenvalue weighted by Gasteiger charge is 2.25. The van der Waals surface area contributed by atoms with Crippen LogP contribution in [0.4, 0.5) is 0 Å². The number of ether oxygens (including phenoxy) is 1. The third-order valence-electron chi connectivity index (χ3n) is 9.31. The number of piperidine rings is 1. The van der Waals surface area contributed by atoms with E-state index in [9.17, 15) is 4.79 Å². The van der Waals surface area contributed by atoms with Crippen LogP contribution in [0, 0.1) is 0 Å². The quantitative estimate of drug-likeness (QED) is 0.114. The van der Waals surface area contributed by atoms with Crippen LogP contribution in [-0.2, 0) is 19.5 Å². The summed E-state index contributed by atoms with van der Waals surface area (Å²) in [7, 11) is 2.15. The van der Waals surface area contributed by atoms with E-state index in [0.29, 0.717) is 13.0 Å². The summed E-state index contributed by atoms with van der Waals surface area (Å²) in [5.74, 6) is 1.64. The predicted molar refractivity (Wildman–Crippen MR) is 185 cm³/mol. The average molecular weight is 599 g/mol. The van der Waals surface area contributed by atoms with Crippen molar-refractivity contribution in [3.05, 3.63) is 142 Å². The van der Waals surface area contributed by atoms with Gasteiger partial charge in [-0.05, 0) is 111 Å². The smallest absolute Gasteiger partial charge is 0.189 e. The third-order valence-corrected chi connectivity index (χ3v) is 9.31. The van der Waals surface area contributed by atoms with Gasteiger partial charge in [-0.3, -0.25) is 9.69 Å². The summed E-state index contributed by atoms with van der Waals surface area (Å²) in [5, 5.41) is 0. The number of fused-ring (bicyclic) bond motifs is 1. The Morgan fingerprint density at radius 3 is 2.22 bits per heavy atom. The minimum Gasteiger partial charge on any atom is -0.494 e. The Kier molecular flexibility index (Phi) is 10.6. The lowest BCUT2D eigenvalue weighted by atomic mass is 9.89. The molecular weight excluding hydrogens is 552 g/mol. The Morgan fingerprint density at radius 1 is 0.800 bits per heavy atom. The molecule has 0 saturated carbocycles. The van der Waals surface area contributed by atoms with Crippen LogP contribution in [0.15, 0.2) is 109 Å². The molecule has 1 aliphatic carbocycles. The van der Waals surface area contributed by atoms with E-state index >= 15 is 0 Å². The van der Waals surface area contributed by atoms with Crippen molar-refractivity contribution in [1.29, 1.82) is 0 Å². The summed E-state index contributed by atoms with van der Waals surface area (Å²) >= 11 is 0. The first-order valence-corrected chi connectivity index (χ1v) is 16.7. The number of carbonyl (C=O) groups excluding carboxylic acids is 1. The lowest BCUT2D eigenvalue weighted by Gasteiger charge is -2.32. The second kappa shape index (κ2) is 15.3. The summed E-state index contributed by atoms with van der Waals surface area (Å²) in [4.78, 5) is 18.2. The molecule has 0 radical (unpaired) electrons. The molecule has 4 heteroatoms. The van der Waals surface area contributed by atoms with Crippen LogP contribution in [-0.4, -0.2) is 48.9 Å². The maximum absolute atomic E-state index is 13.3. The van der Waals surface area contributed by atoms with Gasteiger partial charge in [0.1, 0.15) is 5.75 Å². The molecule has 45 heavy (non-hydrogen) atoms. The highest BCUT2D eigenvalue weighted by Crippen LogP contribution is 2.31. The van der Waals surface area contributed by atoms with Gasteiger partial charge in [-0.25, -0.2) is 0 Å². The van der Waals surface area contributed by atoms with E-state index in [1.165, 1.54) is 55.6 Å². The first kappa shape index (κ1) is 31.0. The fourth-order valence-corrected chi connectivity index (χ4v) is 6.79. The number of ketones is 1. The number of Topliss-reactive ketones (excluding diaryl/α,β-unsaturated/α-hetero) is 1. The topological polar surface area (TPSA) is 32.8 Å². The van der Waals surface area contributed by atoms with E-state index < -0.39 is 0 Å². The van der Waals surface area contributed by atoms with Gasteiger partial charge >= 0.3 is 0 Å². The van der Waals surface area contributed by atoms with Gasteiger partial charge in [0.15, 0.2) is 5.78 Å². The standard InChI is InChI=1S/C41H46N2O2/c1-42(30-33-11-5-2-6-12-33)31-34-17-15-32(16-18-34)27-38-28-37-19-20-39(29-40(37)41(38)44)45-26-10-4-9-23-43-24-21-36(22-25-43)35-13-7-3-8-14-35/h2-3,5-8,11-20,27,29,36H,4,9-10,21-26,28,30-31H2,1H3/b38-27+. The lowest BCUT2D eigenvalue weighted by molar-refractivity contribution is 0.104. The van der Waals surface area contributed by atoms with Gasteiger partial charge < -0.3 is 9.64 Å². The van der Waals surface area contributed by atoms with Gasteiger partial charge in [0.2, 0.25) is 0 Å². The molecule has 6 rings (SSSR count). The largest absolute Gasteiger partial charge is 0.494 e. The van der Waals surface area contributed by atoms with Crippen LogP contribution in [0.1, 0.15) is 76.2 Å². The molecule has 4 nitrogen and oxygen atoms in total. The SMILES string of the molecule is CN(Cc1ccccc1)Cc1ccc(/C=C2\Cc3ccc(OCCCCCN4CCC(c5ccccc5)CC4)cc3C2=O)cc1. The molecule has 0 aromatic heterocycles. The summed E-state index contributed by atoms with van der Waals surface area (Å²) in [6.07, 6.45) is 8.67. The van der Waals surface area contributed by atoms with Crippen molar-refractivity contribution in [3.8, 4) is 5.75 Å². The van der Waals surface area contributed by atoms with E-state index in [2.05, 4.69) is 108 Å². The molecule has 1 aliphatic heterocycles. The zero-order valence-electron chi connectivity index (χ0n) is 26.7. The fourth-order valence-electron chi connectivity index (χ4n) is 6.79. The molecule has 0 amide bonds. The number of hydrogen-bond donors (Lipinski definition) is 0. The van der Waals surface area contributed by atoms with Crippen molar-refractivity contribution in [2.24, 2.45) is 0 Å². The molecule has 0 bridgehead atoms. The van der Waals surface area contributed by atoms with Gasteiger partial charge in [-0.15, -0.1) is 0 Å². The van der Waals surface area contributed by atoms with Gasteiger partial charge in [0.25, 0.3) is 0 Å². The lowest BCUT2D eigenvalue weighted by Crippen LogP contribution is -2.33. The van der Waals surface area contributed by atoms with Gasteiger partial charge in [0.05, 0.1) is 6.61 Å². The van der Waals surface area contributed by atoms with E-state index in [1.54, 1.807) is 0 Å². The summed E-state index contributed by atoms with van der Waals surface area (Å²) < 4.78 is 6.08. The highest BCUT2D eigenvalue weighted by molar-refractivity contribution is 6.15. The minimum absolute atomic E-state index is 0.123. The number of benzene rings is 4. The maximum Gasteiger partial charge on any atom is 0.189 e. The summed E-state index contributed by atoms with van der Waals surface area (Å²) in [6.45, 7) is 6.07. The number of likely N-dealkylation sites (tertiary alicyclic amines) is 1. The second-order valence-corrected chi connectivity index (χ2v) is 12.8. The molecule has 1 fully saturated rings. The third kappa shape index (κ3) is 8.59. The molecule has 2 aliphatic rings. The first-order chi connectivity index (χ1) is 22.1. The van der Waals surface area contributed by atoms with E-state index in [-0.39, 0.29) is 5.78 Å². The van der Waals surface area contributed by atoms with Crippen molar-refractivity contribution >= 4 is 11.9 Å². The van der Waals surface area contributed by atoms with Gasteiger partial charge in [-0.2, -0.15) is 0 Å². The van der Waals surface area contributed by atoms with Crippen LogP contribution < -0.4 is 4.74 Å². The molecule has 4 aromatic carbocycles. The number of allylic oxidation sites excluding steroid dienone is 1. The normalized spacial score (nSPS) is 16.4. The van der Waals surface area contributed by atoms with Crippen LogP contribution in [0.5, 0.6) is 5.75 Å². The number of rotatable bonds is 13.